The summed E-state index contributed by atoms with van der Waals surface area (Å²) in [6.45, 7) is 8.76. The summed E-state index contributed by atoms with van der Waals surface area (Å²) in [7, 11) is 0. The number of guanidine groups is 3. The number of amides is 5. The number of primary amides is 1. The summed E-state index contributed by atoms with van der Waals surface area (Å²) in [5.74, 6) is -9.29. The summed E-state index contributed by atoms with van der Waals surface area (Å²) in [4.78, 5) is 124. The highest BCUT2D eigenvalue weighted by Crippen LogP contribution is 2.24. The van der Waals surface area contributed by atoms with Crippen molar-refractivity contribution < 1.29 is 48.6 Å². The molecule has 80 heavy (non-hydrogen) atoms. The van der Waals surface area contributed by atoms with E-state index in [0.29, 0.717) is 25.7 Å². The number of carbonyl (C=O) groups excluding carboxylic acids is 8. The van der Waals surface area contributed by atoms with Gasteiger partial charge in [0.15, 0.2) is 35.2 Å². The van der Waals surface area contributed by atoms with Gasteiger partial charge in [-0.1, -0.05) is 53.2 Å². The lowest BCUT2D eigenvalue weighted by Crippen LogP contribution is -2.50. The molecule has 0 unspecified atom stereocenters. The summed E-state index contributed by atoms with van der Waals surface area (Å²) >= 11 is 0. The van der Waals surface area contributed by atoms with Gasteiger partial charge in [0.1, 0.15) is 11.8 Å². The average molecular weight is 1130 g/mol. The Bertz CT molecular complexity index is 2250. The number of aliphatic hydroxyl groups is 1. The van der Waals surface area contributed by atoms with Crippen LogP contribution in [0.1, 0.15) is 143 Å². The predicted octanol–water partition coefficient (Wildman–Crippen LogP) is -0.147. The van der Waals surface area contributed by atoms with Gasteiger partial charge in [0.25, 0.3) is 0 Å². The number of phenols is 1. The van der Waals surface area contributed by atoms with Crippen molar-refractivity contribution in [1.82, 2.24) is 21.3 Å². The number of rotatable bonds is 43. The summed E-state index contributed by atoms with van der Waals surface area (Å²) in [6.07, 6.45) is 1.98. The molecule has 0 aromatic heterocycles. The zero-order valence-electron chi connectivity index (χ0n) is 47.6. The Morgan fingerprint density at radius 2 is 0.900 bits per heavy atom. The van der Waals surface area contributed by atoms with Crippen LogP contribution < -0.4 is 67.1 Å². The van der Waals surface area contributed by atoms with E-state index in [0.717, 1.165) is 5.56 Å². The lowest BCUT2D eigenvalue weighted by Gasteiger charge is -2.27. The number of hydrogen-bond acceptors (Lipinski definition) is 14. The first-order valence-electron chi connectivity index (χ1n) is 27.6. The van der Waals surface area contributed by atoms with Crippen molar-refractivity contribution in [3.8, 4) is 5.75 Å². The van der Waals surface area contributed by atoms with Gasteiger partial charge < -0.3 is 77.3 Å². The first-order valence-corrected chi connectivity index (χ1v) is 27.6. The molecule has 450 valence electrons. The number of phenolic OH excluding ortho intramolecular Hbond substituents is 1. The number of benzene rings is 1. The molecule has 0 spiro atoms. The molecule has 1 aromatic rings. The molecule has 0 radical (unpaired) electrons. The Balaban J connectivity index is 3.74. The van der Waals surface area contributed by atoms with E-state index < -0.39 is 108 Å². The fourth-order valence-electron chi connectivity index (χ4n) is 8.99. The van der Waals surface area contributed by atoms with Crippen molar-refractivity contribution in [2.24, 2.45) is 96.4 Å². The number of amidine groups is 1. The Hall–Kier alpha value is -7.38. The Labute approximate surface area is 470 Å². The predicted molar refractivity (Wildman–Crippen MR) is 308 cm³/mol. The van der Waals surface area contributed by atoms with Crippen LogP contribution in [0.3, 0.4) is 0 Å². The largest absolute Gasteiger partial charge is 0.508 e. The van der Waals surface area contributed by atoms with E-state index in [9.17, 15) is 48.6 Å². The molecule has 0 aliphatic carbocycles. The smallest absolute Gasteiger partial charge is 0.242 e. The van der Waals surface area contributed by atoms with Crippen molar-refractivity contribution >= 4 is 70.6 Å². The van der Waals surface area contributed by atoms with Crippen LogP contribution in [0.25, 0.3) is 0 Å². The van der Waals surface area contributed by atoms with E-state index in [1.165, 1.54) is 12.1 Å². The fraction of sp³-hybridized carbons (Fsp3) is 0.667. The van der Waals surface area contributed by atoms with Gasteiger partial charge in [-0.15, -0.1) is 0 Å². The van der Waals surface area contributed by atoms with E-state index in [2.05, 4.69) is 36.2 Å². The van der Waals surface area contributed by atoms with Gasteiger partial charge in [0, 0.05) is 69.0 Å². The average Bonchev–Trinajstić information content (AvgIpc) is 3.37. The van der Waals surface area contributed by atoms with Gasteiger partial charge in [0.2, 0.25) is 29.5 Å². The maximum absolute atomic E-state index is 14.7. The lowest BCUT2D eigenvalue weighted by atomic mass is 9.87. The third-order valence-electron chi connectivity index (χ3n) is 13.3. The van der Waals surface area contributed by atoms with Crippen LogP contribution >= 0.6 is 0 Å². The molecule has 5 amide bonds. The zero-order chi connectivity index (χ0) is 60.5. The SMILES string of the molecule is CC[C@@H](Cc1ccc(O)cc1)C(=O)N[C@@H](CCCN=C(N)N)C(=O)C[C@@H](CCCCC(=N)N)C(=O)N[C@@H](CCCN=C(N)N)C(=O)C[C@@H](CCCN=C(N)N)C(=O)N[C@@H](CC(C)C)C(=O)C[C@@H](CC(C)C)C(=O)N[C@@H](CO)C(N)=O. The molecule has 0 aliphatic heterocycles. The van der Waals surface area contributed by atoms with Crippen molar-refractivity contribution in [1.29, 1.82) is 5.41 Å². The number of aliphatic hydroxyl groups excluding tert-OH is 1. The van der Waals surface area contributed by atoms with Crippen LogP contribution in [0.15, 0.2) is 39.2 Å². The minimum atomic E-state index is -1.38. The van der Waals surface area contributed by atoms with Crippen LogP contribution in [0.5, 0.6) is 5.75 Å². The maximum atomic E-state index is 14.7. The highest BCUT2D eigenvalue weighted by atomic mass is 16.3. The standard InChI is InChI=1S/C54H94N16O10/c1-6-34(26-33-17-19-38(72)20-18-33)48(77)67-39(14-10-22-65-53(60)61)43(73)27-35(12-7-8-16-46(55)56)49(78)68-40(15-11-23-66-54(62)63)44(74)28-36(13-9-21-64-52(58)59)50(79)69-41(25-32(4)5)45(75)29-37(24-31(2)3)51(80)70-42(30-71)47(57)76/h17-20,31-32,34-37,39-42,71-72H,6-16,21-30H2,1-5H3,(H3,55,56)(H2,57,76)(H,67,77)(H,68,78)(H,69,79)(H,70,80)(H4,58,59,64)(H4,60,61,65)(H4,62,63,66)/t34-,35+,36+,37+,39-,40-,41-,42-/m0/s1. The maximum Gasteiger partial charge on any atom is 0.242 e. The van der Waals surface area contributed by atoms with Gasteiger partial charge in [0.05, 0.1) is 30.6 Å². The van der Waals surface area contributed by atoms with E-state index >= 15 is 0 Å². The molecule has 26 nitrogen and oxygen atoms in total. The second-order valence-electron chi connectivity index (χ2n) is 21.3. The number of ketones is 3. The molecule has 0 saturated heterocycles. The summed E-state index contributed by atoms with van der Waals surface area (Å²) in [6, 6.07) is 1.63. The second kappa shape index (κ2) is 38.3. The summed E-state index contributed by atoms with van der Waals surface area (Å²) in [5.41, 5.74) is 45.2. The lowest BCUT2D eigenvalue weighted by molar-refractivity contribution is -0.136. The quantitative estimate of drug-likeness (QED) is 0.0230. The molecule has 0 aliphatic rings. The Morgan fingerprint density at radius 3 is 1.31 bits per heavy atom. The molecule has 0 heterocycles. The third kappa shape index (κ3) is 30.1. The minimum Gasteiger partial charge on any atom is -0.508 e. The normalized spacial score (nSPS) is 14.2. The first-order chi connectivity index (χ1) is 37.7. The molecule has 8 atom stereocenters. The number of nitrogens with two attached hydrogens (primary N) is 8. The Morgan fingerprint density at radius 1 is 0.512 bits per heavy atom. The molecule has 26 heteroatoms. The number of carbonyl (C=O) groups is 8. The monoisotopic (exact) mass is 1130 g/mol. The summed E-state index contributed by atoms with van der Waals surface area (Å²) in [5, 5.41) is 38.2. The van der Waals surface area contributed by atoms with Crippen LogP contribution in [0, 0.1) is 40.9 Å². The zero-order valence-corrected chi connectivity index (χ0v) is 47.6. The van der Waals surface area contributed by atoms with Crippen LogP contribution in [-0.2, 0) is 44.8 Å². The molecular formula is C54H94N16O10. The van der Waals surface area contributed by atoms with Gasteiger partial charge in [-0.05, 0) is 107 Å². The fourth-order valence-corrected chi connectivity index (χ4v) is 8.99. The molecule has 23 N–H and O–H groups in total. The molecule has 0 fully saturated rings. The van der Waals surface area contributed by atoms with Crippen LogP contribution in [0.2, 0.25) is 0 Å². The van der Waals surface area contributed by atoms with E-state index in [1.54, 1.807) is 12.1 Å². The number of nitrogens with zero attached hydrogens (tertiary/aromatic N) is 3. The topological polar surface area (TPSA) is 494 Å². The number of aliphatic imine (C=N–C) groups is 3. The highest BCUT2D eigenvalue weighted by Gasteiger charge is 2.35. The molecule has 0 bridgehead atoms. The molecule has 1 aromatic carbocycles. The number of nitrogens with one attached hydrogen (secondary N) is 5. The second-order valence-corrected chi connectivity index (χ2v) is 21.3. The third-order valence-corrected chi connectivity index (χ3v) is 13.3. The number of hydrogen-bond donors (Lipinski definition) is 15. The van der Waals surface area contributed by atoms with Gasteiger partial charge >= 0.3 is 0 Å². The van der Waals surface area contributed by atoms with Gasteiger partial charge in [-0.25, -0.2) is 0 Å². The number of aromatic hydroxyl groups is 1. The highest BCUT2D eigenvalue weighted by molar-refractivity contribution is 5.97. The summed E-state index contributed by atoms with van der Waals surface area (Å²) < 4.78 is 0. The van der Waals surface area contributed by atoms with Crippen LogP contribution in [-0.4, -0.2) is 131 Å². The van der Waals surface area contributed by atoms with Crippen molar-refractivity contribution in [3.63, 3.8) is 0 Å². The van der Waals surface area contributed by atoms with E-state index in [4.69, 9.17) is 51.3 Å². The van der Waals surface area contributed by atoms with Gasteiger partial charge in [-0.3, -0.25) is 58.7 Å². The van der Waals surface area contributed by atoms with Crippen LogP contribution in [0.4, 0.5) is 0 Å². The van der Waals surface area contributed by atoms with Crippen molar-refractivity contribution in [3.05, 3.63) is 29.8 Å². The molecule has 0 saturated carbocycles. The van der Waals surface area contributed by atoms with E-state index in [-0.39, 0.29) is 138 Å². The number of unbranched alkanes of at least 4 members (excludes halogenated alkanes) is 1. The molecule has 1 rings (SSSR count). The van der Waals surface area contributed by atoms with Crippen molar-refractivity contribution in [2.45, 2.75) is 168 Å². The van der Waals surface area contributed by atoms with Gasteiger partial charge in [-0.2, -0.15) is 0 Å². The van der Waals surface area contributed by atoms with E-state index in [1.807, 2.05) is 34.6 Å². The van der Waals surface area contributed by atoms with Crippen molar-refractivity contribution in [2.75, 3.05) is 26.2 Å². The minimum absolute atomic E-state index is 0.00172. The molecular weight excluding hydrogens is 1030 g/mol. The Kier molecular flexibility index (Phi) is 33.8. The number of Topliss-reactive ketones (excluding diaryl/α,β-unsaturated/α-hetero) is 3. The first kappa shape index (κ1) is 70.6.